The Hall–Kier alpha value is -2.86. The maximum atomic E-state index is 12.5. The van der Waals surface area contributed by atoms with E-state index < -0.39 is 0 Å². The summed E-state index contributed by atoms with van der Waals surface area (Å²) in [5.41, 5.74) is 3.62. The van der Waals surface area contributed by atoms with Gasteiger partial charge in [0, 0.05) is 10.9 Å². The molecule has 0 saturated heterocycles. The van der Waals surface area contributed by atoms with Crippen LogP contribution in [0.2, 0.25) is 0 Å². The van der Waals surface area contributed by atoms with Crippen LogP contribution in [-0.2, 0) is 0 Å². The van der Waals surface area contributed by atoms with E-state index in [0.29, 0.717) is 16.5 Å². The molecule has 0 saturated carbocycles. The molecule has 0 fully saturated rings. The van der Waals surface area contributed by atoms with Crippen LogP contribution in [0, 0.1) is 6.92 Å². The maximum absolute atomic E-state index is 12.5. The largest absolute Gasteiger partial charge is 0.497 e. The number of ether oxygens (including phenoxy) is 1. The summed E-state index contributed by atoms with van der Waals surface area (Å²) in [6.45, 7) is 2.07. The summed E-state index contributed by atoms with van der Waals surface area (Å²) >= 11 is 1.39. The number of fused-ring (bicyclic) bond motifs is 3. The highest BCUT2D eigenvalue weighted by molar-refractivity contribution is 7.99. The molecule has 0 bridgehead atoms. The quantitative estimate of drug-likeness (QED) is 0.393. The van der Waals surface area contributed by atoms with Crippen molar-refractivity contribution in [3.63, 3.8) is 0 Å². The predicted molar refractivity (Wildman–Crippen MR) is 103 cm³/mol. The van der Waals surface area contributed by atoms with Gasteiger partial charge in [0.05, 0.1) is 18.4 Å². The van der Waals surface area contributed by atoms with Crippen molar-refractivity contribution in [3.8, 4) is 5.75 Å². The molecule has 0 unspecified atom stereocenters. The minimum absolute atomic E-state index is 0.0297. The summed E-state index contributed by atoms with van der Waals surface area (Å²) < 4.78 is 7.19. The van der Waals surface area contributed by atoms with Crippen molar-refractivity contribution >= 4 is 34.1 Å². The zero-order valence-electron chi connectivity index (χ0n) is 14.5. The molecular formula is C20H17N3O2S. The third-order valence-corrected chi connectivity index (χ3v) is 5.23. The lowest BCUT2D eigenvalue weighted by molar-refractivity contribution is 0.102. The standard InChI is InChI=1S/C20H17N3O2S/c1-13-10-19-21-22-20(23(19)17-9-4-3-8-16(13)17)26-12-18(24)14-6-5-7-15(11-14)25-2/h3-11H,12H2,1-2H3. The highest BCUT2D eigenvalue weighted by Crippen LogP contribution is 2.26. The van der Waals surface area contributed by atoms with Gasteiger partial charge in [-0.05, 0) is 36.8 Å². The van der Waals surface area contributed by atoms with Gasteiger partial charge in [-0.1, -0.05) is 42.1 Å². The van der Waals surface area contributed by atoms with Crippen LogP contribution in [-0.4, -0.2) is 33.2 Å². The molecule has 2 aromatic heterocycles. The summed E-state index contributed by atoms with van der Waals surface area (Å²) in [6.07, 6.45) is 0. The maximum Gasteiger partial charge on any atom is 0.196 e. The average Bonchev–Trinajstić information content (AvgIpc) is 3.09. The number of hydrogen-bond donors (Lipinski definition) is 0. The van der Waals surface area contributed by atoms with Crippen LogP contribution in [0.15, 0.2) is 59.8 Å². The Balaban J connectivity index is 1.65. The van der Waals surface area contributed by atoms with E-state index in [2.05, 4.69) is 23.2 Å². The molecule has 0 radical (unpaired) electrons. The van der Waals surface area contributed by atoms with Crippen molar-refractivity contribution in [3.05, 3.63) is 65.7 Å². The first-order valence-electron chi connectivity index (χ1n) is 8.21. The second kappa shape index (κ2) is 6.80. The number of aryl methyl sites for hydroxylation is 1. The van der Waals surface area contributed by atoms with Gasteiger partial charge in [-0.3, -0.25) is 9.20 Å². The van der Waals surface area contributed by atoms with Gasteiger partial charge in [0.15, 0.2) is 16.6 Å². The highest BCUT2D eigenvalue weighted by atomic mass is 32.2. The Morgan fingerprint density at radius 1 is 1.12 bits per heavy atom. The fourth-order valence-electron chi connectivity index (χ4n) is 2.98. The summed E-state index contributed by atoms with van der Waals surface area (Å²) in [4.78, 5) is 12.5. The van der Waals surface area contributed by atoms with Crippen molar-refractivity contribution in [1.82, 2.24) is 14.6 Å². The number of carbonyl (C=O) groups excluding carboxylic acids is 1. The topological polar surface area (TPSA) is 56.5 Å². The molecule has 0 atom stereocenters. The molecule has 0 aliphatic heterocycles. The van der Waals surface area contributed by atoms with Gasteiger partial charge in [-0.2, -0.15) is 0 Å². The first-order valence-corrected chi connectivity index (χ1v) is 9.19. The zero-order valence-corrected chi connectivity index (χ0v) is 15.3. The lowest BCUT2D eigenvalue weighted by Gasteiger charge is -2.07. The van der Waals surface area contributed by atoms with Gasteiger partial charge in [0.2, 0.25) is 0 Å². The van der Waals surface area contributed by atoms with E-state index in [1.54, 1.807) is 19.2 Å². The van der Waals surface area contributed by atoms with E-state index >= 15 is 0 Å². The van der Waals surface area contributed by atoms with E-state index in [1.165, 1.54) is 11.8 Å². The number of hydrogen-bond acceptors (Lipinski definition) is 5. The van der Waals surface area contributed by atoms with Crippen LogP contribution in [0.5, 0.6) is 5.75 Å². The Morgan fingerprint density at radius 3 is 2.81 bits per heavy atom. The number of aromatic nitrogens is 3. The number of nitrogens with zero attached hydrogens (tertiary/aromatic N) is 3. The SMILES string of the molecule is COc1cccc(C(=O)CSc2nnc3cc(C)c4ccccc4n23)c1. The fraction of sp³-hybridized carbons (Fsp3) is 0.150. The van der Waals surface area contributed by atoms with Crippen molar-refractivity contribution in [2.24, 2.45) is 0 Å². The number of pyridine rings is 1. The number of ketones is 1. The Kier molecular flexibility index (Phi) is 4.34. The van der Waals surface area contributed by atoms with Crippen molar-refractivity contribution < 1.29 is 9.53 Å². The monoisotopic (exact) mass is 363 g/mol. The molecule has 0 N–H and O–H groups in total. The third kappa shape index (κ3) is 2.93. The van der Waals surface area contributed by atoms with E-state index in [9.17, 15) is 4.79 Å². The van der Waals surface area contributed by atoms with E-state index in [4.69, 9.17) is 4.74 Å². The van der Waals surface area contributed by atoms with Crippen LogP contribution in [0.4, 0.5) is 0 Å². The lowest BCUT2D eigenvalue weighted by Crippen LogP contribution is -2.03. The van der Waals surface area contributed by atoms with Crippen LogP contribution in [0.25, 0.3) is 16.6 Å². The van der Waals surface area contributed by atoms with Crippen molar-refractivity contribution in [2.75, 3.05) is 12.9 Å². The number of para-hydroxylation sites is 1. The molecule has 0 spiro atoms. The smallest absolute Gasteiger partial charge is 0.196 e. The normalized spacial score (nSPS) is 11.2. The second-order valence-electron chi connectivity index (χ2n) is 5.96. The summed E-state index contributed by atoms with van der Waals surface area (Å²) in [6, 6.07) is 17.4. The molecular weight excluding hydrogens is 346 g/mol. The molecule has 0 amide bonds. The summed E-state index contributed by atoms with van der Waals surface area (Å²) in [7, 11) is 1.59. The van der Waals surface area contributed by atoms with Gasteiger partial charge in [0.25, 0.3) is 0 Å². The molecule has 2 heterocycles. The second-order valence-corrected chi connectivity index (χ2v) is 6.91. The molecule has 26 heavy (non-hydrogen) atoms. The van der Waals surface area contributed by atoms with E-state index in [-0.39, 0.29) is 11.5 Å². The number of carbonyl (C=O) groups is 1. The van der Waals surface area contributed by atoms with Crippen molar-refractivity contribution in [2.45, 2.75) is 12.1 Å². The van der Waals surface area contributed by atoms with Crippen molar-refractivity contribution in [1.29, 1.82) is 0 Å². The molecule has 4 rings (SSSR count). The average molecular weight is 363 g/mol. The lowest BCUT2D eigenvalue weighted by atomic mass is 10.1. The predicted octanol–water partition coefficient (Wildman–Crippen LogP) is 4.17. The third-order valence-electron chi connectivity index (χ3n) is 4.30. The molecule has 6 heteroatoms. The minimum atomic E-state index is 0.0297. The van der Waals surface area contributed by atoms with Gasteiger partial charge < -0.3 is 4.74 Å². The molecule has 5 nitrogen and oxygen atoms in total. The van der Waals surface area contributed by atoms with E-state index in [1.807, 2.05) is 40.8 Å². The number of rotatable bonds is 5. The van der Waals surface area contributed by atoms with Gasteiger partial charge in [0.1, 0.15) is 5.75 Å². The molecule has 0 aliphatic rings. The van der Waals surface area contributed by atoms with Gasteiger partial charge in [-0.15, -0.1) is 10.2 Å². The Morgan fingerprint density at radius 2 is 1.96 bits per heavy atom. The molecule has 2 aromatic carbocycles. The highest BCUT2D eigenvalue weighted by Gasteiger charge is 2.14. The number of benzene rings is 2. The van der Waals surface area contributed by atoms with Crippen LogP contribution in [0.3, 0.4) is 0 Å². The fourth-order valence-corrected chi connectivity index (χ4v) is 3.82. The Labute approximate surface area is 155 Å². The van der Waals surface area contributed by atoms with E-state index in [0.717, 1.165) is 22.1 Å². The zero-order chi connectivity index (χ0) is 18.1. The number of methoxy groups -OCH3 is 1. The van der Waals surface area contributed by atoms with Crippen LogP contribution >= 0.6 is 11.8 Å². The number of Topliss-reactive ketones (excluding diaryl/α,β-unsaturated/α-hetero) is 1. The molecule has 130 valence electrons. The summed E-state index contributed by atoms with van der Waals surface area (Å²) in [5.74, 6) is 0.994. The Bertz CT molecular complexity index is 1120. The van der Waals surface area contributed by atoms with Gasteiger partial charge >= 0.3 is 0 Å². The van der Waals surface area contributed by atoms with Crippen LogP contribution in [0.1, 0.15) is 15.9 Å². The first kappa shape index (κ1) is 16.6. The van der Waals surface area contributed by atoms with Crippen LogP contribution < -0.4 is 4.74 Å². The summed E-state index contributed by atoms with van der Waals surface area (Å²) in [5, 5.41) is 10.4. The molecule has 0 aliphatic carbocycles. The number of thioether (sulfide) groups is 1. The van der Waals surface area contributed by atoms with Gasteiger partial charge in [-0.25, -0.2) is 0 Å². The minimum Gasteiger partial charge on any atom is -0.497 e. The first-order chi connectivity index (χ1) is 12.7. The molecule has 4 aromatic rings.